The van der Waals surface area contributed by atoms with Gasteiger partial charge in [-0.2, -0.15) is 0 Å². The lowest BCUT2D eigenvalue weighted by Gasteiger charge is -2.05. The third kappa shape index (κ3) is 32.2. The van der Waals surface area contributed by atoms with E-state index in [0.29, 0.717) is 0 Å². The Morgan fingerprint density at radius 3 is 0.861 bits per heavy atom. The summed E-state index contributed by atoms with van der Waals surface area (Å²) in [6.07, 6.45) is 49.0. The molecule has 108 heavy (non-hydrogen) atoms. The largest absolute Gasteiger partial charge is 0.480 e. The van der Waals surface area contributed by atoms with E-state index in [1.54, 1.807) is 6.08 Å². The second-order valence-corrected chi connectivity index (χ2v) is 31.7. The average Bonchev–Trinajstić information content (AvgIpc) is 0.818. The monoisotopic (exact) mass is 1680 g/mol. The summed E-state index contributed by atoms with van der Waals surface area (Å²) in [5.74, 6) is 17.4. The number of terminal acetylenes is 1. The van der Waals surface area contributed by atoms with Crippen molar-refractivity contribution in [3.63, 3.8) is 0 Å². The standard InChI is InChI=1S/C30H34.C28H34.2C14H8Br2.C8H14.C7H15BO2/c1-3-5-7-9-11-13-15-25-17-19-27-24-30-22-26(16-14-12-10-8-6-4-2)18-20-28(30)23-29(27)21-25;1-3-5-7-9-11-13-23-15-17-25-22-28-20-24(14-12-10-8-6-4-2)16-18-26(28)21-27(25)19-23;2*15-13-3-1-9-5-12-8-14(16)4-2-10(12)6-11(9)7-13;1-3-5-7-8-6-4-2;1-2-3-4-5-6-7-8(9)10/h17-24H,3-12H2,1-2H3;11-22H,3-10H2,1-2H3;2*1-8H;1H,4-8H2,2H3;6-7,9-10H,2-5H2,1H3/b;13-11+,14-12+;;;;7-6+. The quantitative estimate of drug-likeness (QED) is 0.0233. The number of unbranched alkanes of at least 4 members (excludes halogenated alkanes) is 21. The van der Waals surface area contributed by atoms with Crippen molar-refractivity contribution in [2.24, 2.45) is 0 Å². The summed E-state index contributed by atoms with van der Waals surface area (Å²) in [5, 5.41) is 37.3. The summed E-state index contributed by atoms with van der Waals surface area (Å²) in [5.41, 5.74) is 4.83. The van der Waals surface area contributed by atoms with Crippen LogP contribution in [0.5, 0.6) is 0 Å². The van der Waals surface area contributed by atoms with Crippen LogP contribution in [0.4, 0.5) is 0 Å². The maximum absolute atomic E-state index is 8.38. The number of fused-ring (bicyclic) bond motifs is 8. The summed E-state index contributed by atoms with van der Waals surface area (Å²) >= 11 is 14.0. The van der Waals surface area contributed by atoms with Crippen LogP contribution in [0.1, 0.15) is 237 Å². The predicted molar refractivity (Wildman–Crippen MR) is 495 cm³/mol. The lowest BCUT2D eigenvalue weighted by atomic mass is 9.91. The van der Waals surface area contributed by atoms with Crippen molar-refractivity contribution in [3.8, 4) is 36.0 Å². The van der Waals surface area contributed by atoms with Gasteiger partial charge in [0.1, 0.15) is 0 Å². The topological polar surface area (TPSA) is 40.5 Å². The highest BCUT2D eigenvalue weighted by atomic mass is 79.9. The minimum absolute atomic E-state index is 0.950. The Bertz CT molecular complexity index is 4600. The molecule has 12 aromatic carbocycles. The number of hydrogen-bond donors (Lipinski definition) is 2. The van der Waals surface area contributed by atoms with Crippen molar-refractivity contribution in [2.75, 3.05) is 0 Å². The second kappa shape index (κ2) is 51.1. The van der Waals surface area contributed by atoms with Crippen LogP contribution < -0.4 is 0 Å². The molecule has 0 aliphatic heterocycles. The number of halogens is 4. The molecule has 560 valence electrons. The van der Waals surface area contributed by atoms with E-state index in [0.717, 1.165) is 61.1 Å². The molecule has 0 spiro atoms. The Hall–Kier alpha value is -7.48. The van der Waals surface area contributed by atoms with Crippen molar-refractivity contribution in [1.82, 2.24) is 0 Å². The van der Waals surface area contributed by atoms with Crippen LogP contribution in [0, 0.1) is 36.0 Å². The van der Waals surface area contributed by atoms with Crippen molar-refractivity contribution in [3.05, 3.63) is 258 Å². The fraction of sp³-hybridized carbons (Fsp3) is 0.327. The Morgan fingerprint density at radius 1 is 0.287 bits per heavy atom. The van der Waals surface area contributed by atoms with Crippen LogP contribution in [0.3, 0.4) is 0 Å². The molecule has 0 bridgehead atoms. The zero-order chi connectivity index (χ0) is 76.9. The van der Waals surface area contributed by atoms with E-state index in [9.17, 15) is 0 Å². The van der Waals surface area contributed by atoms with Gasteiger partial charge < -0.3 is 10.0 Å². The normalized spacial score (nSPS) is 11.0. The van der Waals surface area contributed by atoms with Crippen molar-refractivity contribution >= 4 is 169 Å². The van der Waals surface area contributed by atoms with Gasteiger partial charge in [0, 0.05) is 48.3 Å². The molecule has 0 saturated carbocycles. The molecule has 0 radical (unpaired) electrons. The molecule has 12 rings (SSSR count). The first-order valence-corrected chi connectivity index (χ1v) is 43.2. The van der Waals surface area contributed by atoms with Gasteiger partial charge in [0.2, 0.25) is 0 Å². The first-order chi connectivity index (χ1) is 52.7. The Balaban J connectivity index is 0.000000191. The number of hydrogen-bond acceptors (Lipinski definition) is 2. The molecule has 0 aromatic heterocycles. The van der Waals surface area contributed by atoms with Crippen molar-refractivity contribution in [2.45, 2.75) is 215 Å². The molecule has 2 nitrogen and oxygen atoms in total. The zero-order valence-corrected chi connectivity index (χ0v) is 71.4. The highest BCUT2D eigenvalue weighted by Crippen LogP contribution is 2.32. The van der Waals surface area contributed by atoms with E-state index >= 15 is 0 Å². The molecule has 0 aliphatic rings. The van der Waals surface area contributed by atoms with Gasteiger partial charge in [0.15, 0.2) is 0 Å². The Kier molecular flexibility index (Phi) is 41.5. The van der Waals surface area contributed by atoms with Crippen LogP contribution in [0.2, 0.25) is 0 Å². The SMILES string of the molecule is Brc1ccc2cc3cc(Br)ccc3cc2c1.Brc1ccc2cc3cc(Br)ccc3cc2c1.C#CCCCCCC.CCCCC/C=C/B(O)O.CCCCC/C=C/c1ccc2cc3cc(/C=C/CCCCC)ccc3cc2c1.CCCCCCC#Cc1ccc2cc3cc(C#CCCCCCC)ccc3cc2c1. The maximum Gasteiger partial charge on any atom is 0.480 e. The van der Waals surface area contributed by atoms with Gasteiger partial charge >= 0.3 is 7.12 Å². The van der Waals surface area contributed by atoms with E-state index in [4.69, 9.17) is 16.5 Å². The molecule has 0 amide bonds. The molecule has 0 aliphatic carbocycles. The molecule has 0 heterocycles. The van der Waals surface area contributed by atoms with Gasteiger partial charge in [-0.05, 0) is 289 Å². The first kappa shape index (κ1) is 87.7. The Morgan fingerprint density at radius 2 is 0.556 bits per heavy atom. The number of benzene rings is 12. The molecule has 7 heteroatoms. The molecule has 12 aromatic rings. The van der Waals surface area contributed by atoms with Gasteiger partial charge in [-0.3, -0.25) is 0 Å². The van der Waals surface area contributed by atoms with Gasteiger partial charge in [0.05, 0.1) is 0 Å². The van der Waals surface area contributed by atoms with Crippen LogP contribution in [-0.2, 0) is 0 Å². The van der Waals surface area contributed by atoms with Crippen LogP contribution in [0.15, 0.2) is 236 Å². The molecule has 2 N–H and O–H groups in total. The average molecular weight is 1690 g/mol. The fourth-order valence-electron chi connectivity index (χ4n) is 12.7. The van der Waals surface area contributed by atoms with E-state index in [2.05, 4.69) is 353 Å². The lowest BCUT2D eigenvalue weighted by Crippen LogP contribution is -2.05. The van der Waals surface area contributed by atoms with Gasteiger partial charge in [-0.15, -0.1) is 12.3 Å². The number of allylic oxidation sites excluding steroid dienone is 3. The molecule has 0 atom stereocenters. The predicted octanol–water partition coefficient (Wildman–Crippen LogP) is 32.6. The third-order valence-electron chi connectivity index (χ3n) is 18.9. The highest BCUT2D eigenvalue weighted by Gasteiger charge is 2.06. The molecular weight excluding hydrogens is 1580 g/mol. The summed E-state index contributed by atoms with van der Waals surface area (Å²) in [6.45, 7) is 13.3. The maximum atomic E-state index is 8.38. The van der Waals surface area contributed by atoms with Crippen LogP contribution in [0.25, 0.3) is 98.3 Å². The molecule has 0 unspecified atom stereocenters. The smallest absolute Gasteiger partial charge is 0.424 e. The molecule has 0 saturated heterocycles. The van der Waals surface area contributed by atoms with E-state index in [-0.39, 0.29) is 0 Å². The van der Waals surface area contributed by atoms with E-state index in [1.165, 1.54) is 245 Å². The second-order valence-electron chi connectivity index (χ2n) is 28.1. The van der Waals surface area contributed by atoms with Gasteiger partial charge in [-0.1, -0.05) is 322 Å². The molecule has 0 fully saturated rings. The summed E-state index contributed by atoms with van der Waals surface area (Å²) < 4.78 is 4.49. The van der Waals surface area contributed by atoms with Crippen LogP contribution >= 0.6 is 63.7 Å². The zero-order valence-electron chi connectivity index (χ0n) is 65.1. The highest BCUT2D eigenvalue weighted by molar-refractivity contribution is 9.11. The van der Waals surface area contributed by atoms with E-state index in [1.807, 2.05) is 0 Å². The lowest BCUT2D eigenvalue weighted by molar-refractivity contribution is 0.424. The van der Waals surface area contributed by atoms with E-state index < -0.39 is 7.12 Å². The summed E-state index contributed by atoms with van der Waals surface area (Å²) in [6, 6.07) is 70.3. The van der Waals surface area contributed by atoms with Gasteiger partial charge in [0.25, 0.3) is 0 Å². The van der Waals surface area contributed by atoms with Crippen molar-refractivity contribution in [1.29, 1.82) is 0 Å². The minimum atomic E-state index is -1.28. The van der Waals surface area contributed by atoms with Crippen LogP contribution in [-0.4, -0.2) is 17.2 Å². The fourth-order valence-corrected chi connectivity index (χ4v) is 14.2. The third-order valence-corrected chi connectivity index (χ3v) is 20.9. The summed E-state index contributed by atoms with van der Waals surface area (Å²) in [4.78, 5) is 0. The number of rotatable bonds is 27. The minimum Gasteiger partial charge on any atom is -0.424 e. The molecular formula is C101H113BBr4O2. The summed E-state index contributed by atoms with van der Waals surface area (Å²) in [7, 11) is -1.28. The Labute approximate surface area is 682 Å². The first-order valence-electron chi connectivity index (χ1n) is 40.0. The van der Waals surface area contributed by atoms with Gasteiger partial charge in [-0.25, -0.2) is 0 Å². The van der Waals surface area contributed by atoms with Crippen molar-refractivity contribution < 1.29 is 10.0 Å².